The van der Waals surface area contributed by atoms with E-state index in [1.165, 1.54) is 12.8 Å². The Labute approximate surface area is 169 Å². The summed E-state index contributed by atoms with van der Waals surface area (Å²) < 4.78 is 5.69. The van der Waals surface area contributed by atoms with E-state index in [-0.39, 0.29) is 6.61 Å². The Bertz CT molecular complexity index is 1020. The molecule has 1 N–H and O–H groups in total. The number of aromatic nitrogens is 3. The van der Waals surface area contributed by atoms with Crippen LogP contribution in [0.5, 0.6) is 0 Å². The van der Waals surface area contributed by atoms with Gasteiger partial charge in [-0.2, -0.15) is 4.98 Å². The number of likely N-dealkylation sites (N-methyl/N-ethyl adjacent to an activating group) is 1. The second kappa shape index (κ2) is 7.42. The summed E-state index contributed by atoms with van der Waals surface area (Å²) in [4.78, 5) is 8.86. The minimum absolute atomic E-state index is 0.0170. The lowest BCUT2D eigenvalue weighted by Gasteiger charge is -2.29. The molecule has 7 heteroatoms. The van der Waals surface area contributed by atoms with Gasteiger partial charge in [-0.1, -0.05) is 29.4 Å². The summed E-state index contributed by atoms with van der Waals surface area (Å²) in [6, 6.07) is 11.6. The second-order valence-electron chi connectivity index (χ2n) is 7.68. The summed E-state index contributed by atoms with van der Waals surface area (Å²) in [5.41, 5.74) is 4.97. The van der Waals surface area contributed by atoms with Crippen LogP contribution in [0.3, 0.4) is 0 Å². The molecule has 2 aliphatic rings. The van der Waals surface area contributed by atoms with Crippen LogP contribution in [0, 0.1) is 5.92 Å². The molecule has 0 saturated heterocycles. The van der Waals surface area contributed by atoms with Crippen LogP contribution >= 0.6 is 0 Å². The lowest BCUT2D eigenvalue weighted by molar-refractivity contribution is 0.0908. The van der Waals surface area contributed by atoms with Crippen molar-refractivity contribution in [1.82, 2.24) is 25.1 Å². The molecule has 7 nitrogen and oxygen atoms in total. The number of benzene rings is 1. The van der Waals surface area contributed by atoms with Crippen LogP contribution < -0.4 is 0 Å². The van der Waals surface area contributed by atoms with Crippen LogP contribution in [0.15, 0.2) is 53.3 Å². The van der Waals surface area contributed by atoms with Crippen LogP contribution in [0.1, 0.15) is 29.9 Å². The number of hydrazine groups is 1. The number of pyridine rings is 1. The number of aliphatic hydroxyl groups is 1. The normalized spacial score (nSPS) is 17.4. The molecule has 29 heavy (non-hydrogen) atoms. The van der Waals surface area contributed by atoms with Gasteiger partial charge in [-0.15, -0.1) is 0 Å². The van der Waals surface area contributed by atoms with Crippen LogP contribution in [0.2, 0.25) is 0 Å². The maximum atomic E-state index is 9.23. The molecule has 148 valence electrons. The van der Waals surface area contributed by atoms with Gasteiger partial charge < -0.3 is 14.6 Å². The first-order valence-corrected chi connectivity index (χ1v) is 9.89. The number of rotatable bonds is 6. The summed E-state index contributed by atoms with van der Waals surface area (Å²) in [5.74, 6) is 1.84. The molecule has 1 fully saturated rings. The quantitative estimate of drug-likeness (QED) is 0.694. The highest BCUT2D eigenvalue weighted by molar-refractivity contribution is 5.90. The molecule has 0 atom stereocenters. The summed E-state index contributed by atoms with van der Waals surface area (Å²) in [6.45, 7) is 1.74. The highest BCUT2D eigenvalue weighted by Gasteiger charge is 2.35. The number of hydrogen-bond donors (Lipinski definition) is 1. The Morgan fingerprint density at radius 2 is 1.83 bits per heavy atom. The average Bonchev–Trinajstić information content (AvgIpc) is 3.34. The van der Waals surface area contributed by atoms with Gasteiger partial charge in [0.1, 0.15) is 0 Å². The molecule has 3 heterocycles. The second-order valence-corrected chi connectivity index (χ2v) is 7.68. The minimum atomic E-state index is 0.0170. The number of hydrogen-bond acceptors (Lipinski definition) is 7. The highest BCUT2D eigenvalue weighted by atomic mass is 16.5. The zero-order valence-corrected chi connectivity index (χ0v) is 16.3. The summed E-state index contributed by atoms with van der Waals surface area (Å²) >= 11 is 0. The van der Waals surface area contributed by atoms with E-state index in [0.29, 0.717) is 11.7 Å². The van der Waals surface area contributed by atoms with E-state index in [0.717, 1.165) is 47.0 Å². The zero-order valence-electron chi connectivity index (χ0n) is 16.3. The summed E-state index contributed by atoms with van der Waals surface area (Å²) in [5, 5.41) is 18.0. The predicted octanol–water partition coefficient (Wildman–Crippen LogP) is 3.06. The fourth-order valence-electron chi connectivity index (χ4n) is 3.72. The Morgan fingerprint density at radius 3 is 2.52 bits per heavy atom. The van der Waals surface area contributed by atoms with Crippen molar-refractivity contribution in [2.24, 2.45) is 5.92 Å². The van der Waals surface area contributed by atoms with Crippen molar-refractivity contribution in [3.8, 4) is 11.4 Å². The van der Waals surface area contributed by atoms with Crippen LogP contribution in [-0.4, -0.2) is 50.4 Å². The smallest absolute Gasteiger partial charge is 0.257 e. The summed E-state index contributed by atoms with van der Waals surface area (Å²) in [7, 11) is 2.10. The molecule has 0 spiro atoms. The van der Waals surface area contributed by atoms with E-state index < -0.39 is 0 Å². The molecule has 2 aromatic heterocycles. The Hall–Kier alpha value is -3.03. The Kier molecular flexibility index (Phi) is 4.61. The highest BCUT2D eigenvalue weighted by Crippen LogP contribution is 2.40. The zero-order chi connectivity index (χ0) is 19.8. The van der Waals surface area contributed by atoms with Crippen molar-refractivity contribution in [1.29, 1.82) is 0 Å². The lowest BCUT2D eigenvalue weighted by atomic mass is 10.1. The molecule has 0 bridgehead atoms. The van der Waals surface area contributed by atoms with Crippen molar-refractivity contribution < 1.29 is 9.63 Å². The maximum Gasteiger partial charge on any atom is 0.257 e. The van der Waals surface area contributed by atoms with Gasteiger partial charge >= 0.3 is 0 Å². The SMILES string of the molecule is CN1CC(c2nc(-c3ccc(CO)cc3)no2)=C(c2ccncc2)N1CC1CC1. The van der Waals surface area contributed by atoms with Gasteiger partial charge in [0.2, 0.25) is 5.82 Å². The first kappa shape index (κ1) is 18.0. The van der Waals surface area contributed by atoms with Gasteiger partial charge in [-0.3, -0.25) is 4.98 Å². The molecule has 1 saturated carbocycles. The van der Waals surface area contributed by atoms with Crippen molar-refractivity contribution in [2.75, 3.05) is 20.1 Å². The minimum Gasteiger partial charge on any atom is -0.392 e. The Morgan fingerprint density at radius 1 is 1.07 bits per heavy atom. The van der Waals surface area contributed by atoms with Crippen molar-refractivity contribution >= 4 is 11.3 Å². The molecule has 0 unspecified atom stereocenters. The fourth-order valence-corrected chi connectivity index (χ4v) is 3.72. The number of aliphatic hydroxyl groups excluding tert-OH is 1. The fraction of sp³-hybridized carbons (Fsp3) is 0.318. The van der Waals surface area contributed by atoms with Crippen LogP contribution in [0.25, 0.3) is 22.7 Å². The van der Waals surface area contributed by atoms with Gasteiger partial charge in [-0.05, 0) is 36.5 Å². The third-order valence-corrected chi connectivity index (χ3v) is 5.50. The third kappa shape index (κ3) is 3.54. The average molecular weight is 389 g/mol. The van der Waals surface area contributed by atoms with E-state index in [2.05, 4.69) is 27.2 Å². The van der Waals surface area contributed by atoms with E-state index in [9.17, 15) is 5.11 Å². The molecule has 3 aromatic rings. The first-order valence-electron chi connectivity index (χ1n) is 9.89. The van der Waals surface area contributed by atoms with Crippen molar-refractivity contribution in [3.63, 3.8) is 0 Å². The standard InChI is InChI=1S/C22H23N5O2/c1-26-13-19(20(17-8-10-23-11-9-17)27(26)12-15-2-3-15)22-24-21(25-29-22)18-6-4-16(14-28)5-7-18/h4-11,15,28H,2-3,12-14H2,1H3. The first-order chi connectivity index (χ1) is 14.2. The molecular weight excluding hydrogens is 366 g/mol. The molecule has 5 rings (SSSR count). The van der Waals surface area contributed by atoms with Gasteiger partial charge in [-0.25, -0.2) is 5.01 Å². The third-order valence-electron chi connectivity index (χ3n) is 5.50. The lowest BCUT2D eigenvalue weighted by Crippen LogP contribution is -2.35. The van der Waals surface area contributed by atoms with E-state index in [1.54, 1.807) is 0 Å². The molecular formula is C22H23N5O2. The van der Waals surface area contributed by atoms with Crippen molar-refractivity contribution in [2.45, 2.75) is 19.4 Å². The van der Waals surface area contributed by atoms with Gasteiger partial charge in [0.25, 0.3) is 5.89 Å². The summed E-state index contributed by atoms with van der Waals surface area (Å²) in [6.07, 6.45) is 6.21. The van der Waals surface area contributed by atoms with Gasteiger partial charge in [0.15, 0.2) is 0 Å². The van der Waals surface area contributed by atoms with Crippen LogP contribution in [-0.2, 0) is 6.61 Å². The van der Waals surface area contributed by atoms with Gasteiger partial charge in [0, 0.05) is 37.1 Å². The van der Waals surface area contributed by atoms with E-state index in [1.807, 2.05) is 48.8 Å². The topological polar surface area (TPSA) is 78.5 Å². The molecule has 0 amide bonds. The monoisotopic (exact) mass is 389 g/mol. The number of nitrogens with zero attached hydrogens (tertiary/aromatic N) is 5. The maximum absolute atomic E-state index is 9.23. The van der Waals surface area contributed by atoms with Crippen LogP contribution in [0.4, 0.5) is 0 Å². The van der Waals surface area contributed by atoms with E-state index >= 15 is 0 Å². The molecule has 1 aromatic carbocycles. The van der Waals surface area contributed by atoms with Crippen molar-refractivity contribution in [3.05, 3.63) is 65.8 Å². The molecule has 1 aliphatic carbocycles. The van der Waals surface area contributed by atoms with Gasteiger partial charge in [0.05, 0.1) is 24.4 Å². The predicted molar refractivity (Wildman–Crippen MR) is 109 cm³/mol. The van der Waals surface area contributed by atoms with E-state index in [4.69, 9.17) is 9.51 Å². The Balaban J connectivity index is 1.54. The molecule has 1 aliphatic heterocycles. The molecule has 0 radical (unpaired) electrons. The largest absolute Gasteiger partial charge is 0.392 e.